The zero-order valence-corrected chi connectivity index (χ0v) is 19.0. The summed E-state index contributed by atoms with van der Waals surface area (Å²) in [4.78, 5) is 42.4. The Labute approximate surface area is 185 Å². The van der Waals surface area contributed by atoms with Crippen LogP contribution in [0.3, 0.4) is 0 Å². The molecule has 0 radical (unpaired) electrons. The van der Waals surface area contributed by atoms with Crippen LogP contribution in [0.15, 0.2) is 30.3 Å². The smallest absolute Gasteiger partial charge is 0.246 e. The van der Waals surface area contributed by atoms with Gasteiger partial charge in [-0.25, -0.2) is 0 Å². The summed E-state index contributed by atoms with van der Waals surface area (Å²) in [6.07, 6.45) is 4.74. The first kappa shape index (κ1) is 23.5. The van der Waals surface area contributed by atoms with Crippen molar-refractivity contribution in [3.63, 3.8) is 0 Å². The number of hydrogen-bond acceptors (Lipinski definition) is 4. The van der Waals surface area contributed by atoms with Crippen molar-refractivity contribution in [2.24, 2.45) is 5.41 Å². The molecule has 2 heterocycles. The molecule has 0 spiro atoms. The van der Waals surface area contributed by atoms with Crippen LogP contribution in [-0.4, -0.2) is 63.8 Å². The highest BCUT2D eigenvalue weighted by Crippen LogP contribution is 2.38. The average Bonchev–Trinajstić information content (AvgIpc) is 3.40. The van der Waals surface area contributed by atoms with E-state index in [0.717, 1.165) is 25.7 Å². The minimum atomic E-state index is -0.554. The number of rotatable bonds is 7. The second-order valence-corrected chi connectivity index (χ2v) is 9.93. The summed E-state index contributed by atoms with van der Waals surface area (Å²) < 4.78 is 0. The zero-order chi connectivity index (χ0) is 22.6. The fourth-order valence-electron chi connectivity index (χ4n) is 5.13. The minimum Gasteiger partial charge on any atom is -0.389 e. The molecule has 2 fully saturated rings. The van der Waals surface area contributed by atoms with E-state index >= 15 is 0 Å². The lowest BCUT2D eigenvalue weighted by Gasteiger charge is -2.39. The van der Waals surface area contributed by atoms with Crippen molar-refractivity contribution in [3.05, 3.63) is 35.9 Å². The Morgan fingerprint density at radius 3 is 2.39 bits per heavy atom. The van der Waals surface area contributed by atoms with Gasteiger partial charge < -0.3 is 14.9 Å². The van der Waals surface area contributed by atoms with E-state index in [1.807, 2.05) is 23.1 Å². The van der Waals surface area contributed by atoms with Crippen LogP contribution in [0.5, 0.6) is 0 Å². The lowest BCUT2D eigenvalue weighted by Crippen LogP contribution is -2.54. The molecule has 170 valence electrons. The van der Waals surface area contributed by atoms with Crippen LogP contribution in [0, 0.1) is 5.41 Å². The third-order valence-electron chi connectivity index (χ3n) is 6.72. The maximum absolute atomic E-state index is 13.5. The topological polar surface area (TPSA) is 77.9 Å². The van der Waals surface area contributed by atoms with E-state index in [4.69, 9.17) is 0 Å². The zero-order valence-electron chi connectivity index (χ0n) is 19.0. The van der Waals surface area contributed by atoms with E-state index in [1.54, 1.807) is 4.90 Å². The number of amides is 2. The molecule has 31 heavy (non-hydrogen) atoms. The molecule has 0 unspecified atom stereocenters. The summed E-state index contributed by atoms with van der Waals surface area (Å²) in [6.45, 7) is 6.31. The number of hydrogen-bond donors (Lipinski definition) is 1. The molecule has 1 N–H and O–H groups in total. The SMILES string of the molecule is CC(C)(C)[C@H]1CC[C@@H](C(=O)N2CCC[C@H]2C(=O)CO)N1C(=O)CCCc1ccccc1. The molecule has 2 amide bonds. The van der Waals surface area contributed by atoms with Crippen LogP contribution < -0.4 is 0 Å². The Hall–Kier alpha value is -2.21. The summed E-state index contributed by atoms with van der Waals surface area (Å²) in [6, 6.07) is 9.05. The van der Waals surface area contributed by atoms with Gasteiger partial charge in [-0.3, -0.25) is 14.4 Å². The lowest BCUT2D eigenvalue weighted by molar-refractivity contribution is -0.149. The van der Waals surface area contributed by atoms with Gasteiger partial charge in [-0.2, -0.15) is 0 Å². The molecule has 6 heteroatoms. The van der Waals surface area contributed by atoms with Crippen molar-refractivity contribution < 1.29 is 19.5 Å². The van der Waals surface area contributed by atoms with Crippen molar-refractivity contribution in [3.8, 4) is 0 Å². The molecule has 2 aliphatic heterocycles. The largest absolute Gasteiger partial charge is 0.389 e. The van der Waals surface area contributed by atoms with Crippen LogP contribution in [0.4, 0.5) is 0 Å². The third-order valence-corrected chi connectivity index (χ3v) is 6.72. The minimum absolute atomic E-state index is 0.000252. The molecule has 0 saturated carbocycles. The third kappa shape index (κ3) is 5.35. The Kier molecular flexibility index (Phi) is 7.52. The number of benzene rings is 1. The molecule has 1 aromatic rings. The van der Waals surface area contributed by atoms with Crippen molar-refractivity contribution in [2.75, 3.05) is 13.2 Å². The maximum atomic E-state index is 13.5. The number of carbonyl (C=O) groups excluding carboxylic acids is 3. The van der Waals surface area contributed by atoms with Gasteiger partial charge in [-0.1, -0.05) is 51.1 Å². The van der Waals surface area contributed by atoms with E-state index in [1.165, 1.54) is 5.56 Å². The lowest BCUT2D eigenvalue weighted by atomic mass is 9.85. The van der Waals surface area contributed by atoms with Crippen molar-refractivity contribution in [2.45, 2.75) is 83.8 Å². The first-order valence-corrected chi connectivity index (χ1v) is 11.5. The normalized spacial score (nSPS) is 23.9. The van der Waals surface area contributed by atoms with Gasteiger partial charge in [0.05, 0.1) is 6.04 Å². The summed E-state index contributed by atoms with van der Waals surface area (Å²) in [5, 5.41) is 9.29. The highest BCUT2D eigenvalue weighted by molar-refractivity contribution is 5.94. The highest BCUT2D eigenvalue weighted by atomic mass is 16.3. The van der Waals surface area contributed by atoms with Crippen LogP contribution in [-0.2, 0) is 20.8 Å². The summed E-state index contributed by atoms with van der Waals surface area (Å²) in [5.74, 6) is -0.416. The molecule has 1 aromatic carbocycles. The fourth-order valence-corrected chi connectivity index (χ4v) is 5.13. The van der Waals surface area contributed by atoms with Gasteiger partial charge in [-0.05, 0) is 49.5 Å². The molecule has 2 saturated heterocycles. The van der Waals surface area contributed by atoms with Crippen LogP contribution in [0.1, 0.15) is 64.9 Å². The number of aliphatic hydroxyl groups excluding tert-OH is 1. The predicted molar refractivity (Wildman–Crippen MR) is 119 cm³/mol. The molecule has 2 aliphatic rings. The molecule has 3 atom stereocenters. The van der Waals surface area contributed by atoms with Crippen molar-refractivity contribution in [1.82, 2.24) is 9.80 Å². The van der Waals surface area contributed by atoms with Gasteiger partial charge in [0.15, 0.2) is 5.78 Å². The number of ketones is 1. The molecular weight excluding hydrogens is 392 g/mol. The number of nitrogens with zero attached hydrogens (tertiary/aromatic N) is 2. The number of carbonyl (C=O) groups is 3. The Morgan fingerprint density at radius 2 is 1.74 bits per heavy atom. The highest BCUT2D eigenvalue weighted by Gasteiger charge is 2.48. The molecular formula is C25H36N2O4. The second-order valence-electron chi connectivity index (χ2n) is 9.93. The predicted octanol–water partition coefficient (Wildman–Crippen LogP) is 2.97. The fraction of sp³-hybridized carbons (Fsp3) is 0.640. The molecule has 6 nitrogen and oxygen atoms in total. The van der Waals surface area contributed by atoms with Crippen molar-refractivity contribution in [1.29, 1.82) is 0 Å². The van der Waals surface area contributed by atoms with Gasteiger partial charge in [0.25, 0.3) is 0 Å². The Bertz CT molecular complexity index is 786. The van der Waals surface area contributed by atoms with Gasteiger partial charge >= 0.3 is 0 Å². The van der Waals surface area contributed by atoms with E-state index in [9.17, 15) is 19.5 Å². The first-order valence-electron chi connectivity index (χ1n) is 11.5. The summed E-state index contributed by atoms with van der Waals surface area (Å²) >= 11 is 0. The van der Waals surface area contributed by atoms with Crippen LogP contribution in [0.25, 0.3) is 0 Å². The average molecular weight is 429 g/mol. The standard InChI is InChI=1S/C25H36N2O4/c1-25(2,3)22-15-14-20(24(31)26-16-8-12-19(26)21(29)17-28)27(22)23(30)13-7-11-18-9-5-4-6-10-18/h4-6,9-10,19-20,22,28H,7-8,11-17H2,1-3H3/t19-,20-,22+/m0/s1. The Morgan fingerprint density at radius 1 is 1.03 bits per heavy atom. The monoisotopic (exact) mass is 428 g/mol. The molecule has 3 rings (SSSR count). The van der Waals surface area contributed by atoms with E-state index in [2.05, 4.69) is 32.9 Å². The second kappa shape index (κ2) is 9.94. The van der Waals surface area contributed by atoms with E-state index in [-0.39, 0.29) is 29.1 Å². The summed E-state index contributed by atoms with van der Waals surface area (Å²) in [5.41, 5.74) is 1.08. The number of Topliss-reactive ketones (excluding diaryl/α,β-unsaturated/α-hetero) is 1. The van der Waals surface area contributed by atoms with Gasteiger partial charge in [0.2, 0.25) is 11.8 Å². The van der Waals surface area contributed by atoms with Gasteiger partial charge in [-0.15, -0.1) is 0 Å². The number of likely N-dealkylation sites (tertiary alicyclic amines) is 2. The summed E-state index contributed by atoms with van der Waals surface area (Å²) in [7, 11) is 0. The first-order chi connectivity index (χ1) is 14.7. The maximum Gasteiger partial charge on any atom is 0.246 e. The van der Waals surface area contributed by atoms with Gasteiger partial charge in [0, 0.05) is 19.0 Å². The van der Waals surface area contributed by atoms with E-state index in [0.29, 0.717) is 25.8 Å². The number of aliphatic hydroxyl groups is 1. The molecule has 0 aromatic heterocycles. The van der Waals surface area contributed by atoms with Crippen molar-refractivity contribution >= 4 is 17.6 Å². The quantitative estimate of drug-likeness (QED) is 0.724. The van der Waals surface area contributed by atoms with Crippen LogP contribution in [0.2, 0.25) is 0 Å². The number of aryl methyl sites for hydroxylation is 1. The van der Waals surface area contributed by atoms with Crippen LogP contribution >= 0.6 is 0 Å². The van der Waals surface area contributed by atoms with E-state index < -0.39 is 18.7 Å². The molecule has 0 bridgehead atoms. The van der Waals surface area contributed by atoms with Gasteiger partial charge in [0.1, 0.15) is 12.6 Å². The Balaban J connectivity index is 1.73. The molecule has 0 aliphatic carbocycles.